The summed E-state index contributed by atoms with van der Waals surface area (Å²) >= 11 is 6.38. The zero-order chi connectivity index (χ0) is 12.5. The fourth-order valence-corrected chi connectivity index (χ4v) is 2.92. The van der Waals surface area contributed by atoms with Crippen molar-refractivity contribution in [1.82, 2.24) is 5.32 Å². The fraction of sp³-hybridized carbons (Fsp3) is 0.333. The van der Waals surface area contributed by atoms with Crippen LogP contribution in [0.4, 0.5) is 0 Å². The van der Waals surface area contributed by atoms with E-state index in [-0.39, 0.29) is 0 Å². The van der Waals surface area contributed by atoms with Crippen molar-refractivity contribution in [2.75, 3.05) is 13.2 Å². The first-order valence-electron chi connectivity index (χ1n) is 6.38. The highest BCUT2D eigenvalue weighted by Gasteiger charge is 2.23. The van der Waals surface area contributed by atoms with Crippen LogP contribution in [-0.2, 0) is 0 Å². The molecule has 1 heterocycles. The molecule has 18 heavy (non-hydrogen) atoms. The van der Waals surface area contributed by atoms with Crippen LogP contribution in [0, 0.1) is 0 Å². The van der Waals surface area contributed by atoms with E-state index in [9.17, 15) is 0 Å². The second kappa shape index (κ2) is 4.79. The Morgan fingerprint density at radius 2 is 2.11 bits per heavy atom. The molecule has 0 amide bonds. The maximum atomic E-state index is 6.38. The van der Waals surface area contributed by atoms with Crippen LogP contribution in [-0.4, -0.2) is 13.2 Å². The summed E-state index contributed by atoms with van der Waals surface area (Å²) in [6.07, 6.45) is 0.996. The first kappa shape index (κ1) is 11.8. The molecular formula is C15H16ClNO. The highest BCUT2D eigenvalue weighted by molar-refractivity contribution is 6.36. The minimum atomic E-state index is 0.348. The monoisotopic (exact) mass is 261 g/mol. The average Bonchev–Trinajstić information content (AvgIpc) is 2.41. The molecule has 3 heteroatoms. The Bertz CT molecular complexity index is 582. The summed E-state index contributed by atoms with van der Waals surface area (Å²) in [5, 5.41) is 6.48. The van der Waals surface area contributed by atoms with Gasteiger partial charge in [-0.3, -0.25) is 0 Å². The van der Waals surface area contributed by atoms with Crippen molar-refractivity contribution in [3.63, 3.8) is 0 Å². The SMILES string of the molecule is CCNC1CCOc2c1cc(Cl)c1ccccc21. The molecule has 1 atom stereocenters. The summed E-state index contributed by atoms with van der Waals surface area (Å²) in [5.74, 6) is 0.993. The molecule has 94 valence electrons. The molecule has 0 radical (unpaired) electrons. The van der Waals surface area contributed by atoms with Gasteiger partial charge in [0.2, 0.25) is 0 Å². The minimum absolute atomic E-state index is 0.348. The predicted molar refractivity (Wildman–Crippen MR) is 75.5 cm³/mol. The third-order valence-electron chi connectivity index (χ3n) is 3.45. The molecule has 3 rings (SSSR count). The summed E-state index contributed by atoms with van der Waals surface area (Å²) in [5.41, 5.74) is 1.19. The largest absolute Gasteiger partial charge is 0.493 e. The first-order chi connectivity index (χ1) is 8.81. The third-order valence-corrected chi connectivity index (χ3v) is 3.76. The predicted octanol–water partition coefficient (Wildman–Crippen LogP) is 3.93. The Morgan fingerprint density at radius 1 is 1.33 bits per heavy atom. The number of rotatable bonds is 2. The zero-order valence-corrected chi connectivity index (χ0v) is 11.1. The van der Waals surface area contributed by atoms with Gasteiger partial charge in [0, 0.05) is 33.8 Å². The van der Waals surface area contributed by atoms with E-state index in [4.69, 9.17) is 16.3 Å². The standard InChI is InChI=1S/C15H16ClNO/c1-2-17-14-7-8-18-15-11-6-4-3-5-10(11)13(16)9-12(14)15/h3-6,9,14,17H,2,7-8H2,1H3. The molecule has 0 saturated carbocycles. The van der Waals surface area contributed by atoms with Crippen LogP contribution >= 0.6 is 11.6 Å². The molecule has 1 aliphatic rings. The molecule has 0 aromatic heterocycles. The van der Waals surface area contributed by atoms with Gasteiger partial charge in [-0.25, -0.2) is 0 Å². The van der Waals surface area contributed by atoms with Crippen molar-refractivity contribution in [3.8, 4) is 5.75 Å². The van der Waals surface area contributed by atoms with Gasteiger partial charge in [-0.05, 0) is 12.6 Å². The van der Waals surface area contributed by atoms with E-state index in [0.29, 0.717) is 6.04 Å². The van der Waals surface area contributed by atoms with Gasteiger partial charge in [0.1, 0.15) is 5.75 Å². The number of halogens is 1. The highest BCUT2D eigenvalue weighted by atomic mass is 35.5. The molecule has 0 spiro atoms. The quantitative estimate of drug-likeness (QED) is 0.885. The third kappa shape index (κ3) is 1.86. The Kier molecular flexibility index (Phi) is 3.14. The minimum Gasteiger partial charge on any atom is -0.493 e. The molecule has 0 aliphatic carbocycles. The number of nitrogens with one attached hydrogen (secondary N) is 1. The van der Waals surface area contributed by atoms with E-state index in [1.165, 1.54) is 5.56 Å². The van der Waals surface area contributed by atoms with Gasteiger partial charge in [-0.1, -0.05) is 42.8 Å². The number of ether oxygens (including phenoxy) is 1. The summed E-state index contributed by atoms with van der Waals surface area (Å²) in [4.78, 5) is 0. The summed E-state index contributed by atoms with van der Waals surface area (Å²) in [6, 6.07) is 10.5. The molecular weight excluding hydrogens is 246 g/mol. The lowest BCUT2D eigenvalue weighted by Crippen LogP contribution is -2.26. The summed E-state index contributed by atoms with van der Waals surface area (Å²) in [7, 11) is 0. The van der Waals surface area contributed by atoms with Crippen molar-refractivity contribution in [2.24, 2.45) is 0 Å². The van der Waals surface area contributed by atoms with Crippen LogP contribution in [0.2, 0.25) is 5.02 Å². The molecule has 1 N–H and O–H groups in total. The van der Waals surface area contributed by atoms with Crippen molar-refractivity contribution in [2.45, 2.75) is 19.4 Å². The Hall–Kier alpha value is -1.25. The van der Waals surface area contributed by atoms with Crippen LogP contribution in [0.3, 0.4) is 0 Å². The topological polar surface area (TPSA) is 21.3 Å². The summed E-state index contributed by atoms with van der Waals surface area (Å²) in [6.45, 7) is 3.84. The average molecular weight is 262 g/mol. The molecule has 1 unspecified atom stereocenters. The van der Waals surface area contributed by atoms with Crippen LogP contribution in [0.15, 0.2) is 30.3 Å². The lowest BCUT2D eigenvalue weighted by atomic mass is 9.96. The second-order valence-corrected chi connectivity index (χ2v) is 4.98. The number of hydrogen-bond acceptors (Lipinski definition) is 2. The molecule has 1 aliphatic heterocycles. The van der Waals surface area contributed by atoms with E-state index in [1.807, 2.05) is 24.3 Å². The lowest BCUT2D eigenvalue weighted by Gasteiger charge is -2.28. The van der Waals surface area contributed by atoms with E-state index in [1.54, 1.807) is 0 Å². The molecule has 0 saturated heterocycles. The summed E-state index contributed by atoms with van der Waals surface area (Å²) < 4.78 is 5.87. The van der Waals surface area contributed by atoms with Crippen LogP contribution in [0.1, 0.15) is 24.9 Å². The van der Waals surface area contributed by atoms with Gasteiger partial charge in [0.05, 0.1) is 6.61 Å². The Balaban J connectivity index is 2.22. The van der Waals surface area contributed by atoms with Gasteiger partial charge >= 0.3 is 0 Å². The van der Waals surface area contributed by atoms with Gasteiger partial charge in [-0.15, -0.1) is 0 Å². The molecule has 0 bridgehead atoms. The fourth-order valence-electron chi connectivity index (χ4n) is 2.64. The van der Waals surface area contributed by atoms with Gasteiger partial charge in [0.25, 0.3) is 0 Å². The smallest absolute Gasteiger partial charge is 0.131 e. The van der Waals surface area contributed by atoms with Crippen molar-refractivity contribution < 1.29 is 4.74 Å². The zero-order valence-electron chi connectivity index (χ0n) is 10.4. The van der Waals surface area contributed by atoms with Crippen LogP contribution in [0.5, 0.6) is 5.75 Å². The number of benzene rings is 2. The van der Waals surface area contributed by atoms with Crippen molar-refractivity contribution >= 4 is 22.4 Å². The number of hydrogen-bond donors (Lipinski definition) is 1. The van der Waals surface area contributed by atoms with Gasteiger partial charge in [-0.2, -0.15) is 0 Å². The Morgan fingerprint density at radius 3 is 2.89 bits per heavy atom. The van der Waals surface area contributed by atoms with E-state index < -0.39 is 0 Å². The maximum Gasteiger partial charge on any atom is 0.131 e. The van der Waals surface area contributed by atoms with Crippen molar-refractivity contribution in [3.05, 3.63) is 40.9 Å². The maximum absolute atomic E-state index is 6.38. The van der Waals surface area contributed by atoms with E-state index in [2.05, 4.69) is 18.3 Å². The van der Waals surface area contributed by atoms with Gasteiger partial charge < -0.3 is 10.1 Å². The molecule has 2 nitrogen and oxygen atoms in total. The van der Waals surface area contributed by atoms with Crippen LogP contribution < -0.4 is 10.1 Å². The molecule has 0 fully saturated rings. The normalized spacial score (nSPS) is 18.4. The Labute approximate surface area is 112 Å². The van der Waals surface area contributed by atoms with Crippen LogP contribution in [0.25, 0.3) is 10.8 Å². The highest BCUT2D eigenvalue weighted by Crippen LogP contribution is 2.41. The second-order valence-electron chi connectivity index (χ2n) is 4.57. The van der Waals surface area contributed by atoms with E-state index >= 15 is 0 Å². The first-order valence-corrected chi connectivity index (χ1v) is 6.76. The van der Waals surface area contributed by atoms with Gasteiger partial charge in [0.15, 0.2) is 0 Å². The van der Waals surface area contributed by atoms with Crippen molar-refractivity contribution in [1.29, 1.82) is 0 Å². The number of fused-ring (bicyclic) bond motifs is 3. The van der Waals surface area contributed by atoms with E-state index in [0.717, 1.165) is 41.1 Å². The molecule has 2 aromatic rings. The molecule has 2 aromatic carbocycles. The lowest BCUT2D eigenvalue weighted by molar-refractivity contribution is 0.257.